The molecule has 0 saturated carbocycles. The first kappa shape index (κ1) is 37.9. The molecule has 9 rings (SSSR count). The average molecular weight is 922 g/mol. The van der Waals surface area contributed by atoms with Crippen LogP contribution in [0.15, 0.2) is 158 Å². The van der Waals surface area contributed by atoms with Crippen molar-refractivity contribution in [1.82, 2.24) is 14.1 Å². The molecule has 0 radical (unpaired) electrons. The number of rotatable bonds is 8. The van der Waals surface area contributed by atoms with Gasteiger partial charge >= 0.3 is 0 Å². The Morgan fingerprint density at radius 3 is 2.05 bits per heavy atom. The molecule has 5 nitrogen and oxygen atoms in total. The first-order valence-electron chi connectivity index (χ1n) is 19.2. The Morgan fingerprint density at radius 1 is 0.684 bits per heavy atom. The van der Waals surface area contributed by atoms with Gasteiger partial charge in [0, 0.05) is 56.7 Å². The third-order valence-electron chi connectivity index (χ3n) is 10.4. The molecular formula is C51H42N4OPt-2. The SMILES string of the molecule is CC(C)c1ccnc(-n2c3[c-]c(Oc4[c-]c(-n5[c-][n+](-c6c(-c7ccccc7)cccc6-c6ccccc6)cc5)ccc4)ccc3c3cc(C(C)(C)C)ccc32)c1.[Pt]. The van der Waals surface area contributed by atoms with Gasteiger partial charge in [-0.05, 0) is 74.0 Å². The van der Waals surface area contributed by atoms with Crippen LogP contribution in [0.2, 0.25) is 0 Å². The van der Waals surface area contributed by atoms with Crippen molar-refractivity contribution in [3.63, 3.8) is 0 Å². The number of nitrogens with zero attached hydrogens (tertiary/aromatic N) is 4. The van der Waals surface area contributed by atoms with Gasteiger partial charge in [-0.1, -0.05) is 131 Å². The molecule has 0 aliphatic carbocycles. The molecule has 0 bridgehead atoms. The largest absolute Gasteiger partial charge is 0.510 e. The van der Waals surface area contributed by atoms with Crippen molar-refractivity contribution in [2.75, 3.05) is 0 Å². The fraction of sp³-hybridized carbons (Fsp3) is 0.137. The van der Waals surface area contributed by atoms with Crippen LogP contribution in [-0.4, -0.2) is 14.1 Å². The summed E-state index contributed by atoms with van der Waals surface area (Å²) in [5.41, 5.74) is 10.9. The van der Waals surface area contributed by atoms with Crippen LogP contribution in [-0.2, 0) is 26.5 Å². The van der Waals surface area contributed by atoms with E-state index in [1.165, 1.54) is 16.5 Å². The normalized spacial score (nSPS) is 11.6. The maximum absolute atomic E-state index is 6.54. The zero-order valence-corrected chi connectivity index (χ0v) is 34.9. The van der Waals surface area contributed by atoms with Gasteiger partial charge in [0.2, 0.25) is 0 Å². The molecule has 284 valence electrons. The minimum absolute atomic E-state index is 0. The fourth-order valence-corrected chi connectivity index (χ4v) is 7.44. The number of hydrogen-bond donors (Lipinski definition) is 0. The van der Waals surface area contributed by atoms with Crippen molar-refractivity contribution in [3.05, 3.63) is 188 Å². The predicted octanol–water partition coefficient (Wildman–Crippen LogP) is 12.2. The van der Waals surface area contributed by atoms with E-state index < -0.39 is 0 Å². The summed E-state index contributed by atoms with van der Waals surface area (Å²) in [4.78, 5) is 4.85. The topological polar surface area (TPSA) is 35.9 Å². The Kier molecular flexibility index (Phi) is 10.3. The Bertz CT molecular complexity index is 2790. The minimum atomic E-state index is 0. The average Bonchev–Trinajstić information content (AvgIpc) is 3.84. The van der Waals surface area contributed by atoms with Gasteiger partial charge in [-0.2, -0.15) is 18.2 Å². The fourth-order valence-electron chi connectivity index (χ4n) is 7.44. The van der Waals surface area contributed by atoms with Crippen LogP contribution >= 0.6 is 0 Å². The van der Waals surface area contributed by atoms with E-state index in [1.807, 2.05) is 59.6 Å². The van der Waals surface area contributed by atoms with Crippen LogP contribution in [0.5, 0.6) is 11.5 Å². The Labute approximate surface area is 349 Å². The predicted molar refractivity (Wildman–Crippen MR) is 226 cm³/mol. The number of benzene rings is 6. The van der Waals surface area contributed by atoms with Crippen LogP contribution in [0.3, 0.4) is 0 Å². The Balaban J connectivity index is 0.00000455. The van der Waals surface area contributed by atoms with Gasteiger partial charge in [0.05, 0.1) is 5.69 Å². The molecule has 0 fully saturated rings. The summed E-state index contributed by atoms with van der Waals surface area (Å²) in [7, 11) is 0. The molecule has 0 N–H and O–H groups in total. The summed E-state index contributed by atoms with van der Waals surface area (Å²) in [5.74, 6) is 2.42. The third-order valence-corrected chi connectivity index (χ3v) is 10.4. The molecule has 3 aromatic heterocycles. The van der Waals surface area contributed by atoms with Crippen molar-refractivity contribution >= 4 is 21.8 Å². The molecule has 0 amide bonds. The van der Waals surface area contributed by atoms with Crippen LogP contribution in [0.1, 0.15) is 51.7 Å². The molecule has 6 aromatic carbocycles. The van der Waals surface area contributed by atoms with Gasteiger partial charge < -0.3 is 13.9 Å². The van der Waals surface area contributed by atoms with E-state index in [4.69, 9.17) is 9.72 Å². The first-order chi connectivity index (χ1) is 27.2. The summed E-state index contributed by atoms with van der Waals surface area (Å²) in [5, 5.41) is 2.27. The Morgan fingerprint density at radius 2 is 1.37 bits per heavy atom. The van der Waals surface area contributed by atoms with E-state index in [0.29, 0.717) is 17.4 Å². The van der Waals surface area contributed by atoms with E-state index in [9.17, 15) is 0 Å². The van der Waals surface area contributed by atoms with Crippen molar-refractivity contribution in [1.29, 1.82) is 0 Å². The van der Waals surface area contributed by atoms with Crippen molar-refractivity contribution in [2.45, 2.75) is 46.0 Å². The monoisotopic (exact) mass is 921 g/mol. The molecule has 0 spiro atoms. The minimum Gasteiger partial charge on any atom is -0.510 e. The molecule has 0 aliphatic heterocycles. The molecule has 57 heavy (non-hydrogen) atoms. The summed E-state index contributed by atoms with van der Waals surface area (Å²) in [6.45, 7) is 11.2. The van der Waals surface area contributed by atoms with Gasteiger partial charge in [0.25, 0.3) is 6.33 Å². The van der Waals surface area contributed by atoms with Gasteiger partial charge in [0.15, 0.2) is 0 Å². The zero-order valence-electron chi connectivity index (χ0n) is 32.6. The van der Waals surface area contributed by atoms with E-state index in [1.54, 1.807) is 0 Å². The summed E-state index contributed by atoms with van der Waals surface area (Å²) in [6, 6.07) is 55.7. The standard InChI is InChI=1S/C51H42N4O.Pt/c1-35(2)38-26-27-52-49(30-38)55-47-25-22-39(51(3,4)5)31-46(47)45-24-23-42(33-48(45)55)56-41-19-12-18-40(32-41)53-28-29-54(34-53)50-43(36-14-8-6-9-15-36)20-13-21-44(50)37-16-10-7-11-17-37;/h6-31,35H,1-5H3;/q-2;. The summed E-state index contributed by atoms with van der Waals surface area (Å²) >= 11 is 0. The first-order valence-corrected chi connectivity index (χ1v) is 19.2. The van der Waals surface area contributed by atoms with Crippen LogP contribution in [0.4, 0.5) is 0 Å². The maximum atomic E-state index is 6.54. The molecule has 9 aromatic rings. The second kappa shape index (κ2) is 15.5. The van der Waals surface area contributed by atoms with Gasteiger partial charge in [0.1, 0.15) is 5.82 Å². The van der Waals surface area contributed by atoms with E-state index in [0.717, 1.165) is 55.9 Å². The number of para-hydroxylation sites is 1. The number of fused-ring (bicyclic) bond motifs is 3. The number of hydrogen-bond acceptors (Lipinski definition) is 2. The molecule has 0 aliphatic rings. The summed E-state index contributed by atoms with van der Waals surface area (Å²) < 4.78 is 12.8. The van der Waals surface area contributed by atoms with Gasteiger partial charge in [-0.3, -0.25) is 4.57 Å². The Hall–Kier alpha value is -6.03. The van der Waals surface area contributed by atoms with E-state index in [-0.39, 0.29) is 26.5 Å². The van der Waals surface area contributed by atoms with Gasteiger partial charge in [-0.25, -0.2) is 4.98 Å². The molecule has 0 atom stereocenters. The maximum Gasteiger partial charge on any atom is 0.267 e. The molecular weight excluding hydrogens is 880 g/mol. The zero-order chi connectivity index (χ0) is 38.4. The van der Waals surface area contributed by atoms with Crippen molar-refractivity contribution in [2.24, 2.45) is 0 Å². The second-order valence-corrected chi connectivity index (χ2v) is 15.6. The third kappa shape index (κ3) is 7.36. The van der Waals surface area contributed by atoms with Gasteiger partial charge in [-0.15, -0.1) is 29.7 Å². The number of imidazole rings is 1. The van der Waals surface area contributed by atoms with E-state index >= 15 is 0 Å². The number of pyridine rings is 1. The van der Waals surface area contributed by atoms with Crippen molar-refractivity contribution < 1.29 is 30.4 Å². The van der Waals surface area contributed by atoms with Crippen LogP contribution < -0.4 is 9.30 Å². The molecule has 6 heteroatoms. The van der Waals surface area contributed by atoms with Crippen molar-refractivity contribution in [3.8, 4) is 50.9 Å². The molecule has 0 saturated heterocycles. The summed E-state index contributed by atoms with van der Waals surface area (Å²) in [6.07, 6.45) is 9.53. The van der Waals surface area contributed by atoms with E-state index in [2.05, 4.69) is 165 Å². The smallest absolute Gasteiger partial charge is 0.267 e. The molecule has 3 heterocycles. The van der Waals surface area contributed by atoms with Crippen LogP contribution in [0, 0.1) is 18.5 Å². The quantitative estimate of drug-likeness (QED) is 0.112. The number of ether oxygens (including phenoxy) is 1. The van der Waals surface area contributed by atoms with Crippen LogP contribution in [0.25, 0.3) is 61.3 Å². The number of aromatic nitrogens is 4. The molecule has 0 unspecified atom stereocenters. The second-order valence-electron chi connectivity index (χ2n) is 15.6.